The van der Waals surface area contributed by atoms with Crippen LogP contribution < -0.4 is 5.32 Å². The maximum atomic E-state index is 11.9. The van der Waals surface area contributed by atoms with Crippen LogP contribution in [0.2, 0.25) is 0 Å². The van der Waals surface area contributed by atoms with Crippen molar-refractivity contribution in [1.82, 2.24) is 10.5 Å². The van der Waals surface area contributed by atoms with Gasteiger partial charge in [-0.05, 0) is 48.0 Å². The minimum atomic E-state index is -0.531. The molecular weight excluding hydrogens is 302 g/mol. The lowest BCUT2D eigenvalue weighted by atomic mass is 10.0. The molecule has 1 aromatic rings. The summed E-state index contributed by atoms with van der Waals surface area (Å²) in [5, 5.41) is 7.50. The first-order valence-corrected chi connectivity index (χ1v) is 8.21. The normalized spacial score (nSPS) is 22.2. The van der Waals surface area contributed by atoms with Crippen LogP contribution in [0.5, 0.6) is 0 Å². The first-order valence-electron chi connectivity index (χ1n) is 7.33. The van der Waals surface area contributed by atoms with Crippen molar-refractivity contribution < 1.29 is 14.1 Å². The highest BCUT2D eigenvalue weighted by Gasteiger charge is 2.29. The number of alkyl carbamates (subject to hydrolysis) is 1. The summed E-state index contributed by atoms with van der Waals surface area (Å²) in [5.41, 5.74) is 1.45. The molecule has 1 aromatic heterocycles. The van der Waals surface area contributed by atoms with Crippen LogP contribution in [0.4, 0.5) is 4.79 Å². The van der Waals surface area contributed by atoms with E-state index in [4.69, 9.17) is 9.26 Å². The second-order valence-electron chi connectivity index (χ2n) is 6.49. The predicted octanol–water partition coefficient (Wildman–Crippen LogP) is 3.74. The number of nitrogens with zero attached hydrogens (tertiary/aromatic N) is 2. The van der Waals surface area contributed by atoms with E-state index in [9.17, 15) is 4.79 Å². The Morgan fingerprint density at radius 2 is 2.09 bits per heavy atom. The third-order valence-corrected chi connectivity index (χ3v) is 4.31. The van der Waals surface area contributed by atoms with Crippen molar-refractivity contribution in [3.63, 3.8) is 0 Å². The zero-order valence-electron chi connectivity index (χ0n) is 13.9. The topological polar surface area (TPSA) is 76.7 Å². The Kier molecular flexibility index (Phi) is 4.84. The number of carbonyl (C=O) groups excluding carboxylic acids is 1. The summed E-state index contributed by atoms with van der Waals surface area (Å²) in [4.78, 5) is 16.4. The lowest BCUT2D eigenvalue weighted by Gasteiger charge is -2.26. The maximum Gasteiger partial charge on any atom is 0.413 e. The lowest BCUT2D eigenvalue weighted by Crippen LogP contribution is -2.37. The molecule has 0 saturated carbocycles. The van der Waals surface area contributed by atoms with E-state index in [0.29, 0.717) is 5.17 Å². The molecule has 0 aliphatic carbocycles. The summed E-state index contributed by atoms with van der Waals surface area (Å²) in [6.07, 6.45) is 0.401. The molecule has 2 atom stereocenters. The van der Waals surface area contributed by atoms with Crippen molar-refractivity contribution in [3.05, 3.63) is 17.0 Å². The number of amides is 1. The minimum absolute atomic E-state index is 0.116. The number of rotatable bonds is 1. The zero-order valence-corrected chi connectivity index (χ0v) is 14.7. The fraction of sp³-hybridized carbons (Fsp3) is 0.667. The quantitative estimate of drug-likeness (QED) is 0.851. The third kappa shape index (κ3) is 4.25. The van der Waals surface area contributed by atoms with Gasteiger partial charge in [0.15, 0.2) is 5.17 Å². The minimum Gasteiger partial charge on any atom is -0.444 e. The number of aryl methyl sites for hydroxylation is 2. The van der Waals surface area contributed by atoms with Gasteiger partial charge >= 0.3 is 6.09 Å². The van der Waals surface area contributed by atoms with Gasteiger partial charge in [0.05, 0.1) is 11.7 Å². The lowest BCUT2D eigenvalue weighted by molar-refractivity contribution is 0.0564. The molecule has 0 saturated heterocycles. The summed E-state index contributed by atoms with van der Waals surface area (Å²) >= 11 is 1.51. The molecular formula is C15H23N3O3S. The molecule has 0 bridgehead atoms. The van der Waals surface area contributed by atoms with Gasteiger partial charge in [-0.3, -0.25) is 10.3 Å². The van der Waals surface area contributed by atoms with Gasteiger partial charge in [-0.15, -0.1) is 0 Å². The standard InChI is InChI=1S/C15H23N3O3S/c1-8-7-11(12-9(2)18-21-10(12)3)22-13(16-8)17-14(19)20-15(4,5)6/h8,11H,7H2,1-6H3,(H,16,17,19)/t8-,11-/m0/s1. The highest BCUT2D eigenvalue weighted by Crippen LogP contribution is 2.40. The molecule has 0 radical (unpaired) electrons. The molecule has 1 aliphatic rings. The van der Waals surface area contributed by atoms with Gasteiger partial charge in [0.1, 0.15) is 11.4 Å². The fourth-order valence-electron chi connectivity index (χ4n) is 2.36. The Morgan fingerprint density at radius 3 is 2.64 bits per heavy atom. The van der Waals surface area contributed by atoms with E-state index in [1.54, 1.807) is 0 Å². The molecule has 22 heavy (non-hydrogen) atoms. The molecule has 1 amide bonds. The second kappa shape index (κ2) is 6.32. The van der Waals surface area contributed by atoms with Crippen molar-refractivity contribution in [2.75, 3.05) is 0 Å². The Morgan fingerprint density at radius 1 is 1.41 bits per heavy atom. The van der Waals surface area contributed by atoms with E-state index >= 15 is 0 Å². The molecule has 6 nitrogen and oxygen atoms in total. The van der Waals surface area contributed by atoms with Crippen molar-refractivity contribution in [3.8, 4) is 0 Å². The predicted molar refractivity (Wildman–Crippen MR) is 87.2 cm³/mol. The highest BCUT2D eigenvalue weighted by atomic mass is 32.2. The van der Waals surface area contributed by atoms with Crippen LogP contribution >= 0.6 is 11.8 Å². The molecule has 0 spiro atoms. The Labute approximate surface area is 135 Å². The van der Waals surface area contributed by atoms with Crippen LogP contribution in [0.1, 0.15) is 56.4 Å². The summed E-state index contributed by atoms with van der Waals surface area (Å²) in [5.74, 6) is 0.820. The molecule has 2 heterocycles. The number of carbonyl (C=O) groups is 1. The van der Waals surface area contributed by atoms with E-state index in [2.05, 4.69) is 15.5 Å². The van der Waals surface area contributed by atoms with Gasteiger partial charge < -0.3 is 9.26 Å². The average Bonchev–Trinajstić information content (AvgIpc) is 2.65. The summed E-state index contributed by atoms with van der Waals surface area (Å²) in [6, 6.07) is 0.116. The molecule has 0 unspecified atom stereocenters. The van der Waals surface area contributed by atoms with E-state index in [1.165, 1.54) is 11.8 Å². The Balaban J connectivity index is 2.09. The maximum absolute atomic E-state index is 11.9. The largest absolute Gasteiger partial charge is 0.444 e. The van der Waals surface area contributed by atoms with Crippen LogP contribution in [0.15, 0.2) is 9.52 Å². The van der Waals surface area contributed by atoms with E-state index in [-0.39, 0.29) is 11.3 Å². The number of aromatic nitrogens is 1. The van der Waals surface area contributed by atoms with Crippen molar-refractivity contribution in [2.24, 2.45) is 4.99 Å². The molecule has 122 valence electrons. The van der Waals surface area contributed by atoms with Gasteiger partial charge in [0.25, 0.3) is 0 Å². The number of thioether (sulfide) groups is 1. The molecule has 0 fully saturated rings. The van der Waals surface area contributed by atoms with Crippen LogP contribution in [0.3, 0.4) is 0 Å². The first-order chi connectivity index (χ1) is 10.2. The van der Waals surface area contributed by atoms with Gasteiger partial charge in [-0.2, -0.15) is 0 Å². The van der Waals surface area contributed by atoms with Crippen molar-refractivity contribution in [1.29, 1.82) is 0 Å². The van der Waals surface area contributed by atoms with Gasteiger partial charge in [-0.1, -0.05) is 16.9 Å². The molecule has 0 aromatic carbocycles. The SMILES string of the molecule is Cc1noc(C)c1[C@@H]1C[C@H](C)N=C(NC(=O)OC(C)(C)C)S1. The summed E-state index contributed by atoms with van der Waals surface area (Å²) in [6.45, 7) is 11.4. The van der Waals surface area contributed by atoms with E-state index in [0.717, 1.165) is 23.4 Å². The first kappa shape index (κ1) is 16.9. The van der Waals surface area contributed by atoms with Crippen LogP contribution in [-0.4, -0.2) is 28.1 Å². The van der Waals surface area contributed by atoms with Crippen molar-refractivity contribution in [2.45, 2.75) is 64.9 Å². The van der Waals surface area contributed by atoms with E-state index in [1.807, 2.05) is 41.5 Å². The fourth-order valence-corrected chi connectivity index (χ4v) is 3.84. The van der Waals surface area contributed by atoms with Crippen molar-refractivity contribution >= 4 is 23.0 Å². The van der Waals surface area contributed by atoms with Crippen LogP contribution in [0, 0.1) is 13.8 Å². The highest BCUT2D eigenvalue weighted by molar-refractivity contribution is 8.14. The second-order valence-corrected chi connectivity index (χ2v) is 7.68. The average molecular weight is 325 g/mol. The molecule has 1 N–H and O–H groups in total. The van der Waals surface area contributed by atoms with Gasteiger partial charge in [0, 0.05) is 10.8 Å². The number of aliphatic imine (C=N–C) groups is 1. The number of hydrogen-bond acceptors (Lipinski definition) is 6. The van der Waals surface area contributed by atoms with Crippen LogP contribution in [-0.2, 0) is 4.74 Å². The summed E-state index contributed by atoms with van der Waals surface area (Å²) in [7, 11) is 0. The van der Waals surface area contributed by atoms with Gasteiger partial charge in [-0.25, -0.2) is 4.79 Å². The molecule has 2 rings (SSSR count). The molecule has 1 aliphatic heterocycles. The Bertz CT molecular complexity index is 570. The molecule has 7 heteroatoms. The van der Waals surface area contributed by atoms with Crippen LogP contribution in [0.25, 0.3) is 0 Å². The summed E-state index contributed by atoms with van der Waals surface area (Å²) < 4.78 is 10.5. The number of hydrogen-bond donors (Lipinski definition) is 1. The zero-order chi connectivity index (χ0) is 16.5. The number of ether oxygens (including phenoxy) is 1. The number of amidine groups is 1. The monoisotopic (exact) mass is 325 g/mol. The smallest absolute Gasteiger partial charge is 0.413 e. The number of nitrogens with one attached hydrogen (secondary N) is 1. The van der Waals surface area contributed by atoms with Gasteiger partial charge in [0.2, 0.25) is 0 Å². The third-order valence-electron chi connectivity index (χ3n) is 3.17. The van der Waals surface area contributed by atoms with E-state index < -0.39 is 11.7 Å². The Hall–Kier alpha value is -1.50.